The maximum atomic E-state index is 13.2. The number of H-pyrrole nitrogens is 1. The Hall–Kier alpha value is -2.09. The zero-order chi connectivity index (χ0) is 17.6. The van der Waals surface area contributed by atoms with E-state index in [9.17, 15) is 4.39 Å². The number of hydrogen-bond donors (Lipinski definition) is 3. The van der Waals surface area contributed by atoms with E-state index in [2.05, 4.69) is 39.7 Å². The SMILES string of the molecule is CN=C(NCCc1c[nH]c2cc(F)ccc12)NCc1ccccc1C.I. The highest BCUT2D eigenvalue weighted by Crippen LogP contribution is 2.19. The Kier molecular flexibility index (Phi) is 7.44. The lowest BCUT2D eigenvalue weighted by molar-refractivity contribution is 0.629. The van der Waals surface area contributed by atoms with Gasteiger partial charge in [0.25, 0.3) is 0 Å². The smallest absolute Gasteiger partial charge is 0.191 e. The van der Waals surface area contributed by atoms with E-state index >= 15 is 0 Å². The highest BCUT2D eigenvalue weighted by molar-refractivity contribution is 14.0. The minimum absolute atomic E-state index is 0. The molecular weight excluding hydrogens is 442 g/mol. The largest absolute Gasteiger partial charge is 0.361 e. The second-order valence-electron chi connectivity index (χ2n) is 6.03. The fourth-order valence-corrected chi connectivity index (χ4v) is 2.89. The number of nitrogens with zero attached hydrogens (tertiary/aromatic N) is 1. The van der Waals surface area contributed by atoms with Crippen molar-refractivity contribution in [2.45, 2.75) is 19.9 Å². The summed E-state index contributed by atoms with van der Waals surface area (Å²) < 4.78 is 13.2. The lowest BCUT2D eigenvalue weighted by atomic mass is 10.1. The predicted octanol–water partition coefficient (Wildman–Crippen LogP) is 4.14. The van der Waals surface area contributed by atoms with Gasteiger partial charge in [0.15, 0.2) is 5.96 Å². The minimum atomic E-state index is -0.222. The number of rotatable bonds is 5. The van der Waals surface area contributed by atoms with Crippen LogP contribution in [0.15, 0.2) is 53.7 Å². The molecular formula is C20H24FIN4. The molecule has 3 rings (SSSR count). The number of benzene rings is 2. The molecule has 0 radical (unpaired) electrons. The Bertz CT molecular complexity index is 888. The van der Waals surface area contributed by atoms with Gasteiger partial charge in [0, 0.05) is 37.2 Å². The van der Waals surface area contributed by atoms with Crippen molar-refractivity contribution in [2.75, 3.05) is 13.6 Å². The third-order valence-electron chi connectivity index (χ3n) is 4.35. The van der Waals surface area contributed by atoms with Crippen molar-refractivity contribution < 1.29 is 4.39 Å². The molecule has 1 aromatic heterocycles. The van der Waals surface area contributed by atoms with E-state index in [1.807, 2.05) is 24.4 Å². The first-order valence-corrected chi connectivity index (χ1v) is 8.42. The summed E-state index contributed by atoms with van der Waals surface area (Å²) >= 11 is 0. The summed E-state index contributed by atoms with van der Waals surface area (Å²) in [6, 6.07) is 13.1. The van der Waals surface area contributed by atoms with Crippen LogP contribution in [0.5, 0.6) is 0 Å². The van der Waals surface area contributed by atoms with Crippen LogP contribution in [0.1, 0.15) is 16.7 Å². The number of aryl methyl sites for hydroxylation is 1. The van der Waals surface area contributed by atoms with Gasteiger partial charge in [-0.2, -0.15) is 0 Å². The molecule has 2 aromatic carbocycles. The average Bonchev–Trinajstić information content (AvgIpc) is 3.01. The van der Waals surface area contributed by atoms with Crippen LogP contribution in [-0.4, -0.2) is 24.5 Å². The van der Waals surface area contributed by atoms with E-state index < -0.39 is 0 Å². The van der Waals surface area contributed by atoms with E-state index in [4.69, 9.17) is 0 Å². The Balaban J connectivity index is 0.00000243. The molecule has 0 saturated heterocycles. The maximum absolute atomic E-state index is 13.2. The van der Waals surface area contributed by atoms with Gasteiger partial charge in [0.2, 0.25) is 0 Å². The molecule has 0 aliphatic heterocycles. The Morgan fingerprint density at radius 1 is 1.12 bits per heavy atom. The van der Waals surface area contributed by atoms with Crippen molar-refractivity contribution in [2.24, 2.45) is 4.99 Å². The van der Waals surface area contributed by atoms with E-state index in [1.165, 1.54) is 23.3 Å². The number of fused-ring (bicyclic) bond motifs is 1. The number of halogens is 2. The first-order chi connectivity index (χ1) is 12.2. The average molecular weight is 466 g/mol. The molecule has 3 N–H and O–H groups in total. The first kappa shape index (κ1) is 20.2. The number of hydrogen-bond acceptors (Lipinski definition) is 1. The van der Waals surface area contributed by atoms with Crippen molar-refractivity contribution in [1.82, 2.24) is 15.6 Å². The summed E-state index contributed by atoms with van der Waals surface area (Å²) in [6.07, 6.45) is 2.77. The molecule has 0 aliphatic rings. The van der Waals surface area contributed by atoms with Crippen LogP contribution < -0.4 is 10.6 Å². The second kappa shape index (κ2) is 9.56. The predicted molar refractivity (Wildman–Crippen MR) is 117 cm³/mol. The Morgan fingerprint density at radius 2 is 1.92 bits per heavy atom. The van der Waals surface area contributed by atoms with Crippen molar-refractivity contribution in [1.29, 1.82) is 0 Å². The molecule has 138 valence electrons. The van der Waals surface area contributed by atoms with Gasteiger partial charge >= 0.3 is 0 Å². The molecule has 4 nitrogen and oxygen atoms in total. The quantitative estimate of drug-likeness (QED) is 0.301. The number of aromatic amines is 1. The Labute approximate surface area is 170 Å². The summed E-state index contributed by atoms with van der Waals surface area (Å²) in [5.41, 5.74) is 4.51. The topological polar surface area (TPSA) is 52.2 Å². The highest BCUT2D eigenvalue weighted by atomic mass is 127. The van der Waals surface area contributed by atoms with Gasteiger partial charge in [-0.05, 0) is 48.2 Å². The standard InChI is InChI=1S/C20H23FN4.HI/c1-14-5-3-4-6-15(14)12-25-20(22-2)23-10-9-16-13-24-19-11-17(21)7-8-18(16)19;/h3-8,11,13,24H,9-10,12H2,1-2H3,(H2,22,23,25);1H. The lowest BCUT2D eigenvalue weighted by Crippen LogP contribution is -2.37. The van der Waals surface area contributed by atoms with Crippen LogP contribution in [0, 0.1) is 12.7 Å². The van der Waals surface area contributed by atoms with Crippen molar-refractivity contribution >= 4 is 40.8 Å². The number of aliphatic imine (C=N–C) groups is 1. The van der Waals surface area contributed by atoms with Gasteiger partial charge in [-0.3, -0.25) is 4.99 Å². The van der Waals surface area contributed by atoms with Gasteiger partial charge < -0.3 is 15.6 Å². The fourth-order valence-electron chi connectivity index (χ4n) is 2.89. The van der Waals surface area contributed by atoms with Gasteiger partial charge in [0.1, 0.15) is 5.82 Å². The monoisotopic (exact) mass is 466 g/mol. The molecule has 0 amide bonds. The molecule has 26 heavy (non-hydrogen) atoms. The lowest BCUT2D eigenvalue weighted by Gasteiger charge is -2.13. The number of nitrogens with one attached hydrogen (secondary N) is 3. The third kappa shape index (κ3) is 4.97. The van der Waals surface area contributed by atoms with E-state index in [-0.39, 0.29) is 29.8 Å². The van der Waals surface area contributed by atoms with Gasteiger partial charge in [0.05, 0.1) is 0 Å². The summed E-state index contributed by atoms with van der Waals surface area (Å²) in [5, 5.41) is 7.72. The van der Waals surface area contributed by atoms with Crippen LogP contribution >= 0.6 is 24.0 Å². The molecule has 0 atom stereocenters. The van der Waals surface area contributed by atoms with Crippen molar-refractivity contribution in [3.05, 3.63) is 71.2 Å². The molecule has 0 bridgehead atoms. The molecule has 1 heterocycles. The van der Waals surface area contributed by atoms with Crippen LogP contribution in [0.4, 0.5) is 4.39 Å². The highest BCUT2D eigenvalue weighted by Gasteiger charge is 2.05. The maximum Gasteiger partial charge on any atom is 0.191 e. The normalized spacial score (nSPS) is 11.3. The zero-order valence-corrected chi connectivity index (χ0v) is 17.3. The third-order valence-corrected chi connectivity index (χ3v) is 4.35. The van der Waals surface area contributed by atoms with E-state index in [0.29, 0.717) is 0 Å². The molecule has 3 aromatic rings. The summed E-state index contributed by atoms with van der Waals surface area (Å²) in [5.74, 6) is 0.550. The van der Waals surface area contributed by atoms with Gasteiger partial charge in [-0.1, -0.05) is 24.3 Å². The molecule has 0 spiro atoms. The van der Waals surface area contributed by atoms with E-state index in [0.717, 1.165) is 41.9 Å². The fraction of sp³-hybridized carbons (Fsp3) is 0.250. The summed E-state index contributed by atoms with van der Waals surface area (Å²) in [4.78, 5) is 7.38. The molecule has 0 fully saturated rings. The number of guanidine groups is 1. The van der Waals surface area contributed by atoms with Crippen molar-refractivity contribution in [3.63, 3.8) is 0 Å². The van der Waals surface area contributed by atoms with Gasteiger partial charge in [-0.25, -0.2) is 4.39 Å². The number of aromatic nitrogens is 1. The van der Waals surface area contributed by atoms with Crippen LogP contribution in [0.3, 0.4) is 0 Å². The molecule has 0 saturated carbocycles. The van der Waals surface area contributed by atoms with Crippen LogP contribution in [0.2, 0.25) is 0 Å². The molecule has 0 aliphatic carbocycles. The van der Waals surface area contributed by atoms with E-state index in [1.54, 1.807) is 7.05 Å². The van der Waals surface area contributed by atoms with Crippen LogP contribution in [0.25, 0.3) is 10.9 Å². The zero-order valence-electron chi connectivity index (χ0n) is 15.0. The minimum Gasteiger partial charge on any atom is -0.361 e. The first-order valence-electron chi connectivity index (χ1n) is 8.42. The van der Waals surface area contributed by atoms with Crippen LogP contribution in [-0.2, 0) is 13.0 Å². The summed E-state index contributed by atoms with van der Waals surface area (Å²) in [7, 11) is 1.77. The Morgan fingerprint density at radius 3 is 2.69 bits per heavy atom. The van der Waals surface area contributed by atoms with Gasteiger partial charge in [-0.15, -0.1) is 24.0 Å². The van der Waals surface area contributed by atoms with Crippen molar-refractivity contribution in [3.8, 4) is 0 Å². The molecule has 0 unspecified atom stereocenters. The molecule has 6 heteroatoms. The second-order valence-corrected chi connectivity index (χ2v) is 6.03. The summed E-state index contributed by atoms with van der Waals surface area (Å²) in [6.45, 7) is 3.59.